The summed E-state index contributed by atoms with van der Waals surface area (Å²) in [6.45, 7) is -1.37. The largest absolute Gasteiger partial charge is 0.406 e. The van der Waals surface area contributed by atoms with Crippen LogP contribution in [0.2, 0.25) is 0 Å². The standard InChI is InChI=1S/C15H15F3N4O2/c16-15(17,18)9-22-7-10(5-13(22)23)14(24)19-6-11-8-21-4-2-1-3-12(21)20-11/h1-4,8,10H,5-7,9H2,(H,19,24)/t10-/m0/s1. The average molecular weight is 340 g/mol. The lowest BCUT2D eigenvalue weighted by Gasteiger charge is -2.18. The molecule has 9 heteroatoms. The summed E-state index contributed by atoms with van der Waals surface area (Å²) >= 11 is 0. The first-order valence-electron chi connectivity index (χ1n) is 7.37. The van der Waals surface area contributed by atoms with E-state index in [0.717, 1.165) is 5.65 Å². The molecule has 0 saturated carbocycles. The highest BCUT2D eigenvalue weighted by molar-refractivity contribution is 5.89. The summed E-state index contributed by atoms with van der Waals surface area (Å²) in [7, 11) is 0. The number of hydrogen-bond donors (Lipinski definition) is 1. The third-order valence-corrected chi connectivity index (χ3v) is 3.81. The first-order valence-corrected chi connectivity index (χ1v) is 7.37. The second-order valence-corrected chi connectivity index (χ2v) is 5.71. The minimum atomic E-state index is -4.46. The maximum atomic E-state index is 12.4. The van der Waals surface area contributed by atoms with Gasteiger partial charge in [0.15, 0.2) is 0 Å². The number of likely N-dealkylation sites (tertiary alicyclic amines) is 1. The van der Waals surface area contributed by atoms with Crippen molar-refractivity contribution in [1.82, 2.24) is 19.6 Å². The normalized spacial score (nSPS) is 18.4. The monoisotopic (exact) mass is 340 g/mol. The van der Waals surface area contributed by atoms with Gasteiger partial charge in [-0.15, -0.1) is 0 Å². The van der Waals surface area contributed by atoms with Crippen molar-refractivity contribution in [2.75, 3.05) is 13.1 Å². The Hall–Kier alpha value is -2.58. The fourth-order valence-electron chi connectivity index (χ4n) is 2.71. The average Bonchev–Trinajstić information content (AvgIpc) is 3.07. The molecule has 2 aromatic rings. The number of alkyl halides is 3. The molecule has 24 heavy (non-hydrogen) atoms. The van der Waals surface area contributed by atoms with Crippen LogP contribution in [0.25, 0.3) is 5.65 Å². The molecule has 0 aliphatic carbocycles. The van der Waals surface area contributed by atoms with Gasteiger partial charge in [0.1, 0.15) is 12.2 Å². The fourth-order valence-corrected chi connectivity index (χ4v) is 2.71. The predicted molar refractivity (Wildman–Crippen MR) is 77.8 cm³/mol. The fraction of sp³-hybridized carbons (Fsp3) is 0.400. The Kier molecular flexibility index (Phi) is 4.16. The molecule has 3 heterocycles. The van der Waals surface area contributed by atoms with E-state index in [-0.39, 0.29) is 19.5 Å². The van der Waals surface area contributed by atoms with Crippen LogP contribution in [0.3, 0.4) is 0 Å². The molecular formula is C15H15F3N4O2. The SMILES string of the molecule is O=C(NCc1cn2ccccc2n1)[C@H]1CC(=O)N(CC(F)(F)F)C1. The molecule has 2 amide bonds. The summed E-state index contributed by atoms with van der Waals surface area (Å²) in [5, 5.41) is 2.63. The molecule has 1 fully saturated rings. The molecule has 1 saturated heterocycles. The zero-order valence-corrected chi connectivity index (χ0v) is 12.6. The van der Waals surface area contributed by atoms with Crippen molar-refractivity contribution in [3.8, 4) is 0 Å². The van der Waals surface area contributed by atoms with Crippen LogP contribution in [0.5, 0.6) is 0 Å². The van der Waals surface area contributed by atoms with Gasteiger partial charge in [-0.25, -0.2) is 4.98 Å². The summed E-state index contributed by atoms with van der Waals surface area (Å²) in [6, 6.07) is 5.50. The summed E-state index contributed by atoms with van der Waals surface area (Å²) in [5.74, 6) is -1.86. The number of rotatable bonds is 4. The van der Waals surface area contributed by atoms with Crippen LogP contribution >= 0.6 is 0 Å². The van der Waals surface area contributed by atoms with Crippen LogP contribution in [0.1, 0.15) is 12.1 Å². The highest BCUT2D eigenvalue weighted by Crippen LogP contribution is 2.24. The number of imidazole rings is 1. The van der Waals surface area contributed by atoms with E-state index in [4.69, 9.17) is 0 Å². The van der Waals surface area contributed by atoms with Crippen molar-refractivity contribution in [2.24, 2.45) is 5.92 Å². The minimum Gasteiger partial charge on any atom is -0.350 e. The van der Waals surface area contributed by atoms with Gasteiger partial charge in [-0.1, -0.05) is 6.07 Å². The third kappa shape index (κ3) is 3.66. The molecule has 0 unspecified atom stereocenters. The van der Waals surface area contributed by atoms with Gasteiger partial charge in [0, 0.05) is 25.4 Å². The number of pyridine rings is 1. The van der Waals surface area contributed by atoms with Crippen molar-refractivity contribution >= 4 is 17.5 Å². The van der Waals surface area contributed by atoms with E-state index >= 15 is 0 Å². The van der Waals surface area contributed by atoms with E-state index in [1.54, 1.807) is 10.6 Å². The van der Waals surface area contributed by atoms with E-state index < -0.39 is 30.5 Å². The Morgan fingerprint density at radius 3 is 2.88 bits per heavy atom. The maximum Gasteiger partial charge on any atom is 0.406 e. The Morgan fingerprint density at radius 1 is 1.38 bits per heavy atom. The molecular weight excluding hydrogens is 325 g/mol. The van der Waals surface area contributed by atoms with Gasteiger partial charge in [0.25, 0.3) is 0 Å². The topological polar surface area (TPSA) is 66.7 Å². The Balaban J connectivity index is 1.56. The first kappa shape index (κ1) is 16.3. The number of aromatic nitrogens is 2. The van der Waals surface area contributed by atoms with Crippen LogP contribution in [0.4, 0.5) is 13.2 Å². The predicted octanol–water partition coefficient (Wildman–Crippen LogP) is 1.36. The van der Waals surface area contributed by atoms with Crippen LogP contribution in [-0.4, -0.2) is 45.4 Å². The first-order chi connectivity index (χ1) is 11.3. The van der Waals surface area contributed by atoms with Gasteiger partial charge in [-0.2, -0.15) is 13.2 Å². The zero-order valence-electron chi connectivity index (χ0n) is 12.6. The molecule has 6 nitrogen and oxygen atoms in total. The second-order valence-electron chi connectivity index (χ2n) is 5.71. The van der Waals surface area contributed by atoms with Crippen LogP contribution < -0.4 is 5.32 Å². The summed E-state index contributed by atoms with van der Waals surface area (Å²) < 4.78 is 38.9. The Morgan fingerprint density at radius 2 is 2.17 bits per heavy atom. The van der Waals surface area contributed by atoms with Gasteiger partial charge in [0.2, 0.25) is 11.8 Å². The van der Waals surface area contributed by atoms with Crippen LogP contribution in [-0.2, 0) is 16.1 Å². The maximum absolute atomic E-state index is 12.4. The van der Waals surface area contributed by atoms with Gasteiger partial charge < -0.3 is 14.6 Å². The summed E-state index contributed by atoms with van der Waals surface area (Å²) in [4.78, 5) is 28.7. The molecule has 1 aliphatic heterocycles. The number of hydrogen-bond acceptors (Lipinski definition) is 3. The second kappa shape index (κ2) is 6.14. The highest BCUT2D eigenvalue weighted by Gasteiger charge is 2.40. The number of halogens is 3. The van der Waals surface area contributed by atoms with Crippen LogP contribution in [0, 0.1) is 5.92 Å². The van der Waals surface area contributed by atoms with Gasteiger partial charge >= 0.3 is 6.18 Å². The van der Waals surface area contributed by atoms with Crippen molar-refractivity contribution in [3.63, 3.8) is 0 Å². The number of nitrogens with one attached hydrogen (secondary N) is 1. The van der Waals surface area contributed by atoms with Crippen molar-refractivity contribution < 1.29 is 22.8 Å². The van der Waals surface area contributed by atoms with E-state index in [1.807, 2.05) is 24.4 Å². The summed E-state index contributed by atoms with van der Waals surface area (Å²) in [5.41, 5.74) is 1.36. The lowest BCUT2D eigenvalue weighted by Crippen LogP contribution is -2.37. The van der Waals surface area contributed by atoms with Gasteiger partial charge in [-0.3, -0.25) is 9.59 Å². The number of nitrogens with zero attached hydrogens (tertiary/aromatic N) is 3. The highest BCUT2D eigenvalue weighted by atomic mass is 19.4. The molecule has 1 aliphatic rings. The Labute approximate surface area is 135 Å². The summed E-state index contributed by atoms with van der Waals surface area (Å²) in [6.07, 6.45) is -1.09. The van der Waals surface area contributed by atoms with Crippen molar-refractivity contribution in [2.45, 2.75) is 19.1 Å². The minimum absolute atomic E-state index is 0.157. The number of carbonyl (C=O) groups is 2. The van der Waals surface area contributed by atoms with E-state index in [2.05, 4.69) is 10.3 Å². The van der Waals surface area contributed by atoms with Crippen molar-refractivity contribution in [1.29, 1.82) is 0 Å². The van der Waals surface area contributed by atoms with Crippen molar-refractivity contribution in [3.05, 3.63) is 36.3 Å². The molecule has 0 spiro atoms. The number of amides is 2. The van der Waals surface area contributed by atoms with E-state index in [9.17, 15) is 22.8 Å². The van der Waals surface area contributed by atoms with Gasteiger partial charge in [0.05, 0.1) is 18.2 Å². The molecule has 0 aromatic carbocycles. The van der Waals surface area contributed by atoms with Gasteiger partial charge in [-0.05, 0) is 12.1 Å². The lowest BCUT2D eigenvalue weighted by molar-refractivity contribution is -0.157. The molecule has 128 valence electrons. The molecule has 2 aromatic heterocycles. The van der Waals surface area contributed by atoms with E-state index in [1.165, 1.54) is 0 Å². The molecule has 1 N–H and O–H groups in total. The smallest absolute Gasteiger partial charge is 0.350 e. The quantitative estimate of drug-likeness (QED) is 0.914. The molecule has 1 atom stereocenters. The third-order valence-electron chi connectivity index (χ3n) is 3.81. The van der Waals surface area contributed by atoms with Crippen LogP contribution in [0.15, 0.2) is 30.6 Å². The number of fused-ring (bicyclic) bond motifs is 1. The lowest BCUT2D eigenvalue weighted by atomic mass is 10.1. The Bertz CT molecular complexity index is 738. The molecule has 0 radical (unpaired) electrons. The van der Waals surface area contributed by atoms with E-state index in [0.29, 0.717) is 10.6 Å². The molecule has 0 bridgehead atoms. The molecule has 3 rings (SSSR count). The number of carbonyl (C=O) groups excluding carboxylic acids is 2. The zero-order chi connectivity index (χ0) is 17.3.